The second kappa shape index (κ2) is 5.14. The van der Waals surface area contributed by atoms with Gasteiger partial charge in [0.25, 0.3) is 0 Å². The first-order chi connectivity index (χ1) is 9.52. The maximum absolute atomic E-state index is 13.2. The summed E-state index contributed by atoms with van der Waals surface area (Å²) in [5, 5.41) is 4.06. The Morgan fingerprint density at radius 2 is 1.85 bits per heavy atom. The van der Waals surface area contributed by atoms with Crippen molar-refractivity contribution in [2.45, 2.75) is 13.8 Å². The zero-order chi connectivity index (χ0) is 14.3. The predicted octanol–water partition coefficient (Wildman–Crippen LogP) is 5.56. The molecule has 1 aromatic heterocycles. The molecule has 0 aliphatic rings. The summed E-state index contributed by atoms with van der Waals surface area (Å²) >= 11 is 5.07. The van der Waals surface area contributed by atoms with Gasteiger partial charge in [-0.1, -0.05) is 27.3 Å². The van der Waals surface area contributed by atoms with Gasteiger partial charge < -0.3 is 5.32 Å². The van der Waals surface area contributed by atoms with Crippen molar-refractivity contribution in [2.24, 2.45) is 0 Å². The zero-order valence-electron chi connectivity index (χ0n) is 11.0. The number of benzene rings is 2. The quantitative estimate of drug-likeness (QED) is 0.654. The summed E-state index contributed by atoms with van der Waals surface area (Å²) in [4.78, 5) is 4.41. The van der Waals surface area contributed by atoms with Crippen LogP contribution in [0.4, 0.5) is 15.2 Å². The van der Waals surface area contributed by atoms with Gasteiger partial charge in [0.15, 0.2) is 5.13 Å². The Morgan fingerprint density at radius 3 is 2.55 bits per heavy atom. The lowest BCUT2D eigenvalue weighted by Gasteiger charge is -2.08. The molecule has 20 heavy (non-hydrogen) atoms. The highest BCUT2D eigenvalue weighted by atomic mass is 79.9. The van der Waals surface area contributed by atoms with Gasteiger partial charge in [0, 0.05) is 16.2 Å². The molecule has 0 saturated carbocycles. The van der Waals surface area contributed by atoms with Crippen molar-refractivity contribution in [1.82, 2.24) is 4.98 Å². The molecule has 0 radical (unpaired) electrons. The molecule has 2 aromatic carbocycles. The minimum Gasteiger partial charge on any atom is -0.332 e. The molecule has 0 spiro atoms. The van der Waals surface area contributed by atoms with Crippen molar-refractivity contribution in [3.63, 3.8) is 0 Å². The third-order valence-corrected chi connectivity index (χ3v) is 5.24. The lowest BCUT2D eigenvalue weighted by molar-refractivity contribution is 0.629. The molecular weight excluding hydrogens is 339 g/mol. The normalized spacial score (nSPS) is 11.0. The van der Waals surface area contributed by atoms with Gasteiger partial charge in [-0.25, -0.2) is 9.37 Å². The van der Waals surface area contributed by atoms with Crippen LogP contribution in [0.15, 0.2) is 34.8 Å². The number of fused-ring (bicyclic) bond motifs is 1. The molecule has 0 bridgehead atoms. The van der Waals surface area contributed by atoms with Crippen LogP contribution in [0.5, 0.6) is 0 Å². The average molecular weight is 351 g/mol. The first-order valence-corrected chi connectivity index (χ1v) is 7.74. The van der Waals surface area contributed by atoms with Crippen LogP contribution in [0.1, 0.15) is 11.1 Å². The Morgan fingerprint density at radius 1 is 1.15 bits per heavy atom. The Balaban J connectivity index is 1.96. The van der Waals surface area contributed by atoms with E-state index in [0.29, 0.717) is 5.52 Å². The van der Waals surface area contributed by atoms with Crippen LogP contribution in [-0.4, -0.2) is 4.98 Å². The van der Waals surface area contributed by atoms with Crippen molar-refractivity contribution in [3.8, 4) is 0 Å². The van der Waals surface area contributed by atoms with Crippen molar-refractivity contribution in [2.75, 3.05) is 5.32 Å². The van der Waals surface area contributed by atoms with E-state index >= 15 is 0 Å². The van der Waals surface area contributed by atoms with Gasteiger partial charge in [0.1, 0.15) is 5.82 Å². The molecule has 0 saturated heterocycles. The number of anilines is 2. The van der Waals surface area contributed by atoms with Crippen molar-refractivity contribution in [3.05, 3.63) is 51.7 Å². The van der Waals surface area contributed by atoms with E-state index in [1.807, 2.05) is 0 Å². The summed E-state index contributed by atoms with van der Waals surface area (Å²) in [5.41, 5.74) is 4.00. The summed E-state index contributed by atoms with van der Waals surface area (Å²) in [5.74, 6) is -0.260. The van der Waals surface area contributed by atoms with Crippen LogP contribution in [0.3, 0.4) is 0 Å². The number of hydrogen-bond acceptors (Lipinski definition) is 3. The smallest absolute Gasteiger partial charge is 0.188 e. The molecule has 1 heterocycles. The predicted molar refractivity (Wildman–Crippen MR) is 86.5 cm³/mol. The number of halogens is 2. The Labute approximate surface area is 128 Å². The van der Waals surface area contributed by atoms with E-state index in [-0.39, 0.29) is 5.82 Å². The van der Waals surface area contributed by atoms with Gasteiger partial charge in [0.05, 0.1) is 10.2 Å². The monoisotopic (exact) mass is 350 g/mol. The van der Waals surface area contributed by atoms with Gasteiger partial charge in [-0.05, 0) is 49.2 Å². The molecule has 0 atom stereocenters. The topological polar surface area (TPSA) is 24.9 Å². The molecule has 5 heteroatoms. The lowest BCUT2D eigenvalue weighted by atomic mass is 10.1. The Hall–Kier alpha value is -1.46. The van der Waals surface area contributed by atoms with E-state index in [9.17, 15) is 4.39 Å². The number of hydrogen-bond donors (Lipinski definition) is 1. The number of nitrogens with one attached hydrogen (secondary N) is 1. The highest BCUT2D eigenvalue weighted by molar-refractivity contribution is 9.10. The second-order valence-corrected chi connectivity index (χ2v) is 6.50. The molecule has 0 aliphatic carbocycles. The zero-order valence-corrected chi connectivity index (χ0v) is 13.4. The number of rotatable bonds is 2. The number of thiazole rings is 1. The molecule has 2 nitrogen and oxygen atoms in total. The summed E-state index contributed by atoms with van der Waals surface area (Å²) in [6.45, 7) is 4.10. The Kier molecular flexibility index (Phi) is 3.48. The number of aryl methyl sites for hydroxylation is 2. The SMILES string of the molecule is Cc1cc(Nc2nc3cc(F)ccc3s2)cc(C)c1Br. The van der Waals surface area contributed by atoms with Gasteiger partial charge >= 0.3 is 0 Å². The van der Waals surface area contributed by atoms with Crippen molar-refractivity contribution in [1.29, 1.82) is 0 Å². The molecule has 3 aromatic rings. The summed E-state index contributed by atoms with van der Waals surface area (Å²) < 4.78 is 15.3. The van der Waals surface area contributed by atoms with Crippen LogP contribution in [-0.2, 0) is 0 Å². The molecule has 0 aliphatic heterocycles. The van der Waals surface area contributed by atoms with Crippen molar-refractivity contribution >= 4 is 48.3 Å². The molecule has 102 valence electrons. The van der Waals surface area contributed by atoms with Crippen LogP contribution in [0, 0.1) is 19.7 Å². The molecular formula is C15H12BrFN2S. The summed E-state index contributed by atoms with van der Waals surface area (Å²) in [6.07, 6.45) is 0. The third kappa shape index (κ3) is 2.55. The standard InChI is InChI=1S/C15H12BrFN2S/c1-8-5-11(6-9(2)14(8)16)18-15-19-12-7-10(17)3-4-13(12)20-15/h3-7H,1-2H3,(H,18,19). The largest absolute Gasteiger partial charge is 0.332 e. The van der Waals surface area contributed by atoms with Gasteiger partial charge in [-0.3, -0.25) is 0 Å². The molecule has 0 unspecified atom stereocenters. The molecule has 0 amide bonds. The first kappa shape index (κ1) is 13.5. The first-order valence-electron chi connectivity index (χ1n) is 6.13. The van der Waals surface area contributed by atoms with Crippen LogP contribution in [0.2, 0.25) is 0 Å². The average Bonchev–Trinajstić information content (AvgIpc) is 2.77. The van der Waals surface area contributed by atoms with Gasteiger partial charge in [-0.2, -0.15) is 0 Å². The molecule has 0 fully saturated rings. The van der Waals surface area contributed by atoms with E-state index in [4.69, 9.17) is 0 Å². The minimum atomic E-state index is -0.260. The highest BCUT2D eigenvalue weighted by Gasteiger charge is 2.07. The van der Waals surface area contributed by atoms with Crippen molar-refractivity contribution < 1.29 is 4.39 Å². The highest BCUT2D eigenvalue weighted by Crippen LogP contribution is 2.31. The lowest BCUT2D eigenvalue weighted by Crippen LogP contribution is -1.92. The van der Waals surface area contributed by atoms with Gasteiger partial charge in [0.2, 0.25) is 0 Å². The molecule has 3 rings (SSSR count). The van der Waals surface area contributed by atoms with E-state index < -0.39 is 0 Å². The van der Waals surface area contributed by atoms with Crippen LogP contribution in [0.25, 0.3) is 10.2 Å². The number of nitrogens with zero attached hydrogens (tertiary/aromatic N) is 1. The fraction of sp³-hybridized carbons (Fsp3) is 0.133. The fourth-order valence-electron chi connectivity index (χ4n) is 2.10. The molecule has 1 N–H and O–H groups in total. The number of aromatic nitrogens is 1. The van der Waals surface area contributed by atoms with Crippen LogP contribution < -0.4 is 5.32 Å². The summed E-state index contributed by atoms with van der Waals surface area (Å²) in [7, 11) is 0. The second-order valence-electron chi connectivity index (χ2n) is 4.68. The van der Waals surface area contributed by atoms with E-state index in [2.05, 4.69) is 52.2 Å². The minimum absolute atomic E-state index is 0.260. The Bertz CT molecular complexity index is 775. The van der Waals surface area contributed by atoms with Gasteiger partial charge in [-0.15, -0.1) is 0 Å². The third-order valence-electron chi connectivity index (χ3n) is 3.04. The summed E-state index contributed by atoms with van der Waals surface area (Å²) in [6, 6.07) is 8.78. The maximum atomic E-state index is 13.2. The van der Waals surface area contributed by atoms with E-state index in [0.717, 1.165) is 20.0 Å². The fourth-order valence-corrected chi connectivity index (χ4v) is 3.19. The van der Waals surface area contributed by atoms with E-state index in [1.165, 1.54) is 34.6 Å². The van der Waals surface area contributed by atoms with E-state index in [1.54, 1.807) is 6.07 Å². The maximum Gasteiger partial charge on any atom is 0.188 e. The van der Waals surface area contributed by atoms with Crippen LogP contribution >= 0.6 is 27.3 Å².